The lowest BCUT2D eigenvalue weighted by Gasteiger charge is -2.11. The molecule has 0 aliphatic carbocycles. The summed E-state index contributed by atoms with van der Waals surface area (Å²) in [6.07, 6.45) is 4.85. The second-order valence-electron chi connectivity index (χ2n) is 5.97. The molecule has 0 spiro atoms. The van der Waals surface area contributed by atoms with Gasteiger partial charge in [-0.05, 0) is 31.5 Å². The van der Waals surface area contributed by atoms with E-state index in [2.05, 4.69) is 27.3 Å². The van der Waals surface area contributed by atoms with Gasteiger partial charge in [-0.1, -0.05) is 50.5 Å². The molecule has 1 aromatic carbocycles. The van der Waals surface area contributed by atoms with Gasteiger partial charge in [0, 0.05) is 13.1 Å². The van der Waals surface area contributed by atoms with Gasteiger partial charge in [0.05, 0.1) is 12.3 Å². The zero-order valence-electron chi connectivity index (χ0n) is 15.6. The van der Waals surface area contributed by atoms with Crippen LogP contribution in [0.3, 0.4) is 0 Å². The first-order chi connectivity index (χ1) is 12.0. The highest BCUT2D eigenvalue weighted by molar-refractivity contribution is 7.88. The molecule has 0 atom stereocenters. The molecule has 0 bridgehead atoms. The van der Waals surface area contributed by atoms with Crippen LogP contribution in [0.4, 0.5) is 0 Å². The predicted molar refractivity (Wildman–Crippen MR) is 105 cm³/mol. The smallest absolute Gasteiger partial charge is 0.215 e. The Bertz CT molecular complexity index is 630. The third-order valence-corrected chi connectivity index (χ3v) is 5.08. The van der Waals surface area contributed by atoms with Crippen LogP contribution in [0.1, 0.15) is 50.7 Å². The van der Waals surface area contributed by atoms with Gasteiger partial charge in [0.15, 0.2) is 5.96 Å². The molecule has 0 heterocycles. The van der Waals surface area contributed by atoms with Crippen molar-refractivity contribution in [2.75, 3.05) is 20.1 Å². The maximum atomic E-state index is 11.7. The van der Waals surface area contributed by atoms with Gasteiger partial charge in [0.25, 0.3) is 0 Å². The molecule has 0 amide bonds. The maximum Gasteiger partial charge on any atom is 0.215 e. The average molecular weight is 369 g/mol. The van der Waals surface area contributed by atoms with Crippen molar-refractivity contribution < 1.29 is 8.42 Å². The standard InChI is InChI=1S/C18H32N4O2S/c1-4-6-7-8-12-21-18(20-5-2)22-14-16-10-9-11-17(13-16)15-25(23,24)19-3/h9-11,13,19H,4-8,12,14-15H2,1-3H3,(H2,20,21,22). The summed E-state index contributed by atoms with van der Waals surface area (Å²) in [5, 5.41) is 6.58. The number of aliphatic imine (C=N–C) groups is 1. The van der Waals surface area contributed by atoms with Crippen LogP contribution in [0.25, 0.3) is 0 Å². The maximum absolute atomic E-state index is 11.7. The Morgan fingerprint density at radius 2 is 1.84 bits per heavy atom. The quantitative estimate of drug-likeness (QED) is 0.318. The summed E-state index contributed by atoms with van der Waals surface area (Å²) in [4.78, 5) is 4.59. The molecule has 142 valence electrons. The number of hydrogen-bond acceptors (Lipinski definition) is 3. The lowest BCUT2D eigenvalue weighted by molar-refractivity contribution is 0.587. The molecular formula is C18H32N4O2S. The number of sulfonamides is 1. The normalized spacial score (nSPS) is 12.2. The van der Waals surface area contributed by atoms with Crippen molar-refractivity contribution >= 4 is 16.0 Å². The Balaban J connectivity index is 2.63. The van der Waals surface area contributed by atoms with E-state index < -0.39 is 10.0 Å². The second-order valence-corrected chi connectivity index (χ2v) is 7.89. The number of guanidine groups is 1. The van der Waals surface area contributed by atoms with E-state index in [4.69, 9.17) is 0 Å². The number of nitrogens with zero attached hydrogens (tertiary/aromatic N) is 1. The highest BCUT2D eigenvalue weighted by atomic mass is 32.2. The molecule has 1 rings (SSSR count). The molecular weight excluding hydrogens is 336 g/mol. The van der Waals surface area contributed by atoms with Gasteiger partial charge >= 0.3 is 0 Å². The van der Waals surface area contributed by atoms with E-state index in [1.54, 1.807) is 0 Å². The van der Waals surface area contributed by atoms with Crippen LogP contribution in [0.5, 0.6) is 0 Å². The monoisotopic (exact) mass is 368 g/mol. The number of hydrogen-bond donors (Lipinski definition) is 3. The van der Waals surface area contributed by atoms with Crippen LogP contribution in [-0.4, -0.2) is 34.5 Å². The van der Waals surface area contributed by atoms with Gasteiger partial charge in [-0.2, -0.15) is 0 Å². The van der Waals surface area contributed by atoms with Crippen molar-refractivity contribution in [2.24, 2.45) is 4.99 Å². The summed E-state index contributed by atoms with van der Waals surface area (Å²) in [5.41, 5.74) is 1.76. The van der Waals surface area contributed by atoms with Gasteiger partial charge in [-0.3, -0.25) is 0 Å². The summed E-state index contributed by atoms with van der Waals surface area (Å²) < 4.78 is 25.7. The summed E-state index contributed by atoms with van der Waals surface area (Å²) >= 11 is 0. The first kappa shape index (κ1) is 21.4. The van der Waals surface area contributed by atoms with Gasteiger partial charge in [-0.15, -0.1) is 0 Å². The van der Waals surface area contributed by atoms with E-state index in [0.29, 0.717) is 6.54 Å². The van der Waals surface area contributed by atoms with E-state index in [0.717, 1.165) is 36.6 Å². The van der Waals surface area contributed by atoms with Gasteiger partial charge < -0.3 is 10.6 Å². The van der Waals surface area contributed by atoms with E-state index in [1.807, 2.05) is 31.2 Å². The van der Waals surface area contributed by atoms with Crippen LogP contribution in [0.2, 0.25) is 0 Å². The molecule has 3 N–H and O–H groups in total. The van der Waals surface area contributed by atoms with E-state index in [9.17, 15) is 8.42 Å². The fourth-order valence-corrected chi connectivity index (χ4v) is 3.14. The fraction of sp³-hybridized carbons (Fsp3) is 0.611. The molecule has 0 saturated heterocycles. The average Bonchev–Trinajstić information content (AvgIpc) is 2.59. The van der Waals surface area contributed by atoms with E-state index in [1.165, 1.54) is 26.3 Å². The number of nitrogens with one attached hydrogen (secondary N) is 3. The molecule has 7 heteroatoms. The van der Waals surface area contributed by atoms with Crippen molar-refractivity contribution in [3.63, 3.8) is 0 Å². The lowest BCUT2D eigenvalue weighted by atomic mass is 10.1. The largest absolute Gasteiger partial charge is 0.357 e. The summed E-state index contributed by atoms with van der Waals surface area (Å²) in [5.74, 6) is 0.781. The zero-order chi connectivity index (χ0) is 18.5. The molecule has 1 aromatic rings. The highest BCUT2D eigenvalue weighted by Crippen LogP contribution is 2.09. The Labute approximate surface area is 152 Å². The van der Waals surface area contributed by atoms with E-state index >= 15 is 0 Å². The van der Waals surface area contributed by atoms with Crippen molar-refractivity contribution in [1.29, 1.82) is 0 Å². The molecule has 0 aliphatic heterocycles. The second kappa shape index (κ2) is 11.9. The molecule has 0 unspecified atom stereocenters. The Morgan fingerprint density at radius 3 is 2.52 bits per heavy atom. The molecule has 0 fully saturated rings. The Kier molecular flexibility index (Phi) is 10.2. The van der Waals surface area contributed by atoms with Gasteiger partial charge in [0.2, 0.25) is 10.0 Å². The van der Waals surface area contributed by atoms with Crippen LogP contribution < -0.4 is 15.4 Å². The van der Waals surface area contributed by atoms with Crippen molar-refractivity contribution in [3.8, 4) is 0 Å². The van der Waals surface area contributed by atoms with Crippen LogP contribution in [0.15, 0.2) is 29.3 Å². The Morgan fingerprint density at radius 1 is 1.08 bits per heavy atom. The Hall–Kier alpha value is -1.60. The molecule has 0 aromatic heterocycles. The minimum atomic E-state index is -3.26. The summed E-state index contributed by atoms with van der Waals surface area (Å²) in [6, 6.07) is 7.54. The number of rotatable bonds is 11. The summed E-state index contributed by atoms with van der Waals surface area (Å²) in [6.45, 7) is 6.47. The fourth-order valence-electron chi connectivity index (χ4n) is 2.38. The van der Waals surface area contributed by atoms with Crippen molar-refractivity contribution in [3.05, 3.63) is 35.4 Å². The first-order valence-electron chi connectivity index (χ1n) is 9.02. The molecule has 6 nitrogen and oxygen atoms in total. The van der Waals surface area contributed by atoms with Gasteiger partial charge in [0.1, 0.15) is 0 Å². The van der Waals surface area contributed by atoms with Crippen LogP contribution >= 0.6 is 0 Å². The third kappa shape index (κ3) is 9.45. The zero-order valence-corrected chi connectivity index (χ0v) is 16.5. The molecule has 0 aliphatic rings. The molecule has 0 radical (unpaired) electrons. The molecule has 0 saturated carbocycles. The van der Waals surface area contributed by atoms with Crippen molar-refractivity contribution in [1.82, 2.24) is 15.4 Å². The van der Waals surface area contributed by atoms with Crippen molar-refractivity contribution in [2.45, 2.75) is 51.8 Å². The third-order valence-electron chi connectivity index (χ3n) is 3.75. The number of benzene rings is 1. The van der Waals surface area contributed by atoms with Crippen LogP contribution in [0, 0.1) is 0 Å². The lowest BCUT2D eigenvalue weighted by Crippen LogP contribution is -2.37. The van der Waals surface area contributed by atoms with Crippen LogP contribution in [-0.2, 0) is 22.3 Å². The topological polar surface area (TPSA) is 82.6 Å². The highest BCUT2D eigenvalue weighted by Gasteiger charge is 2.08. The van der Waals surface area contributed by atoms with Gasteiger partial charge in [-0.25, -0.2) is 18.1 Å². The predicted octanol–water partition coefficient (Wildman–Crippen LogP) is 2.37. The molecule has 25 heavy (non-hydrogen) atoms. The SMILES string of the molecule is CCCCCCNC(=NCc1cccc(CS(=O)(=O)NC)c1)NCC. The minimum Gasteiger partial charge on any atom is -0.357 e. The summed E-state index contributed by atoms with van der Waals surface area (Å²) in [7, 11) is -1.83. The first-order valence-corrected chi connectivity index (χ1v) is 10.7. The number of unbranched alkanes of at least 4 members (excludes halogenated alkanes) is 3. The van der Waals surface area contributed by atoms with E-state index in [-0.39, 0.29) is 5.75 Å². The minimum absolute atomic E-state index is 0.0171.